The van der Waals surface area contributed by atoms with Crippen molar-refractivity contribution >= 4 is 95.7 Å². The summed E-state index contributed by atoms with van der Waals surface area (Å²) in [4.78, 5) is 87.3. The first-order valence-electron chi connectivity index (χ1n) is 33.8. The van der Waals surface area contributed by atoms with Crippen molar-refractivity contribution in [1.29, 1.82) is 0 Å². The van der Waals surface area contributed by atoms with Crippen molar-refractivity contribution in [1.82, 2.24) is 48.8 Å². The minimum Gasteiger partial charge on any atom is -0.487 e. The van der Waals surface area contributed by atoms with Crippen LogP contribution in [0.25, 0.3) is 65.9 Å². The first kappa shape index (κ1) is 73.6. The Morgan fingerprint density at radius 1 is 0.587 bits per heavy atom. The minimum absolute atomic E-state index is 0.0377. The van der Waals surface area contributed by atoms with E-state index in [1.807, 2.05) is 57.4 Å². The summed E-state index contributed by atoms with van der Waals surface area (Å²) in [5.74, 6) is -2.41. The lowest BCUT2D eigenvalue weighted by Crippen LogP contribution is -2.57. The molecule has 2 fully saturated rings. The molecule has 2 N–H and O–H groups in total. The SMILES string of the molecule is COc1nccc2ccc(F)c(-c3cc4c5c(nc(=O)n4-c4c(C)ccnc4C(C)C)N4CCN(C(=O)OC(C)(C)C)C[C@@H]4COc5c3F)c12.COc1nccc2ccc(F)c(Br)c12.Cc1ccnc(C(C)C)c1-n1c(=O)nc2c3c(c(F)c(B(O)O)cc31)OC[C@H]1CN(C(=O)OC(C)(C)C)CCN21. The highest BCUT2D eigenvalue weighted by Gasteiger charge is 2.42. The maximum absolute atomic E-state index is 17.2. The number of aryl methyl sites for hydroxylation is 2. The molecule has 2 amide bonds. The number of halogens is 5. The summed E-state index contributed by atoms with van der Waals surface area (Å²) in [6, 6.07) is 14.8. The van der Waals surface area contributed by atoms with Gasteiger partial charge in [-0.15, -0.1) is 0 Å². The second-order valence-corrected chi connectivity index (χ2v) is 29.1. The van der Waals surface area contributed by atoms with E-state index in [-0.39, 0.29) is 124 Å². The molecule has 0 aliphatic carbocycles. The van der Waals surface area contributed by atoms with E-state index < -0.39 is 76.9 Å². The second kappa shape index (κ2) is 28.8. The molecule has 10 aromatic rings. The van der Waals surface area contributed by atoms with Gasteiger partial charge in [-0.1, -0.05) is 39.8 Å². The zero-order valence-electron chi connectivity index (χ0n) is 59.9. The van der Waals surface area contributed by atoms with Gasteiger partial charge in [0.2, 0.25) is 11.8 Å². The fourth-order valence-corrected chi connectivity index (χ4v) is 14.1. The third-order valence-corrected chi connectivity index (χ3v) is 19.0. The van der Waals surface area contributed by atoms with Gasteiger partial charge in [0, 0.05) is 80.6 Å². The summed E-state index contributed by atoms with van der Waals surface area (Å²) in [6.45, 7) is 23.7. The van der Waals surface area contributed by atoms with Crippen LogP contribution in [-0.4, -0.2) is 168 Å². The summed E-state index contributed by atoms with van der Waals surface area (Å²) >= 11 is 3.18. The summed E-state index contributed by atoms with van der Waals surface area (Å²) in [6.07, 6.45) is 5.53. The molecule has 4 aliphatic rings. The Hall–Kier alpha value is -10.2. The predicted molar refractivity (Wildman–Crippen MR) is 390 cm³/mol. The van der Waals surface area contributed by atoms with Crippen LogP contribution in [0.5, 0.6) is 23.3 Å². The molecule has 4 aliphatic heterocycles. The average molecular weight is 1490 g/mol. The monoisotopic (exact) mass is 1490 g/mol. The van der Waals surface area contributed by atoms with Crippen LogP contribution in [0.4, 0.5) is 38.8 Å². The Morgan fingerprint density at radius 2 is 1.02 bits per heavy atom. The molecule has 6 aromatic heterocycles. The number of hydrogen-bond acceptors (Lipinski definition) is 20. The van der Waals surface area contributed by atoms with Gasteiger partial charge in [-0.2, -0.15) is 9.97 Å². The molecule has 30 heteroatoms. The number of carbonyl (C=O) groups is 2. The number of fused-ring (bicyclic) bond motifs is 6. The van der Waals surface area contributed by atoms with E-state index in [9.17, 15) is 33.6 Å². The molecule has 104 heavy (non-hydrogen) atoms. The fourth-order valence-electron chi connectivity index (χ4n) is 13.6. The quantitative estimate of drug-likeness (QED) is 0.106. The van der Waals surface area contributed by atoms with Gasteiger partial charge in [-0.3, -0.25) is 19.1 Å². The molecular formula is C74H78BBrF4N12O12. The van der Waals surface area contributed by atoms with Crippen LogP contribution in [0.15, 0.2) is 99.5 Å². The van der Waals surface area contributed by atoms with E-state index >= 15 is 13.2 Å². The Bertz CT molecular complexity index is 5210. The van der Waals surface area contributed by atoms with Gasteiger partial charge in [0.05, 0.1) is 86.1 Å². The van der Waals surface area contributed by atoms with E-state index in [1.165, 1.54) is 53.8 Å². The van der Waals surface area contributed by atoms with E-state index in [0.717, 1.165) is 16.5 Å². The normalized spacial score (nSPS) is 15.6. The molecule has 4 aromatic carbocycles. The van der Waals surface area contributed by atoms with Crippen molar-refractivity contribution in [2.24, 2.45) is 0 Å². The molecular weight excluding hydrogens is 1420 g/mol. The summed E-state index contributed by atoms with van der Waals surface area (Å²) < 4.78 is 99.5. The first-order valence-corrected chi connectivity index (χ1v) is 34.6. The highest BCUT2D eigenvalue weighted by atomic mass is 79.9. The lowest BCUT2D eigenvalue weighted by atomic mass is 9.79. The van der Waals surface area contributed by atoms with Gasteiger partial charge in [0.25, 0.3) is 0 Å². The molecule has 0 saturated carbocycles. The summed E-state index contributed by atoms with van der Waals surface area (Å²) in [7, 11) is 0.770. The molecule has 14 rings (SSSR count). The van der Waals surface area contributed by atoms with Gasteiger partial charge in [0.1, 0.15) is 47.7 Å². The number of methoxy groups -OCH3 is 2. The number of piperazine rings is 2. The standard InChI is InChI=1S/C37H38F2N6O5.C27H33BFN5O6.C10H7BrFNO/c1-19(2)30-31(20(3)10-12-40-30)45-25-16-23(27-24(38)9-8-21-11-13-41-34(48-7)26(21)27)29(39)32-28(25)33(42-35(45)46)44-15-14-43(17-22(44)18-49-32)36(47)50-37(4,5)6;1-14(2)21-22(15(3)7-8-30-21)34-18-11-17(28(37)38)20(29)23-19(18)24(31-25(34)35)33-10-9-32(12-16(33)13-39-23)26(36)40-27(4,5)6;1-14-10-8-6(4-5-13-10)2-3-7(12)9(8)11/h8-13,16,19,22H,14-15,17-18H2,1-7H3;7-8,11,14,16,37-38H,9-10,12-13H2,1-6H3;2-5H,1H3/t22-;16-;/m11./s1. The van der Waals surface area contributed by atoms with Gasteiger partial charge in [-0.25, -0.2) is 46.7 Å². The largest absolute Gasteiger partial charge is 0.491 e. The molecule has 10 heterocycles. The molecule has 0 radical (unpaired) electrons. The number of carbonyl (C=O) groups excluding carboxylic acids is 2. The van der Waals surface area contributed by atoms with Crippen LogP contribution < -0.4 is 45.6 Å². The first-order chi connectivity index (χ1) is 49.3. The van der Waals surface area contributed by atoms with Crippen molar-refractivity contribution in [3.8, 4) is 45.8 Å². The fraction of sp³-hybridized carbons (Fsp3) is 0.378. The van der Waals surface area contributed by atoms with E-state index in [2.05, 4.69) is 45.8 Å². The Kier molecular flexibility index (Phi) is 20.4. The lowest BCUT2D eigenvalue weighted by molar-refractivity contribution is 0.0191. The number of pyridine rings is 4. The van der Waals surface area contributed by atoms with Crippen molar-refractivity contribution in [2.75, 3.05) is 76.5 Å². The number of benzene rings is 4. The van der Waals surface area contributed by atoms with Crippen molar-refractivity contribution < 1.29 is 65.6 Å². The van der Waals surface area contributed by atoms with Crippen LogP contribution in [0.1, 0.15) is 104 Å². The smallest absolute Gasteiger partial charge is 0.487 e. The second-order valence-electron chi connectivity index (χ2n) is 28.3. The Labute approximate surface area is 604 Å². The topological polar surface area (TPSA) is 264 Å². The van der Waals surface area contributed by atoms with E-state index in [0.29, 0.717) is 57.0 Å². The van der Waals surface area contributed by atoms with Gasteiger partial charge < -0.3 is 58.1 Å². The zero-order chi connectivity index (χ0) is 74.9. The number of anilines is 2. The van der Waals surface area contributed by atoms with Crippen LogP contribution in [0, 0.1) is 37.1 Å². The van der Waals surface area contributed by atoms with Crippen molar-refractivity contribution in [2.45, 2.75) is 118 Å². The molecule has 0 spiro atoms. The van der Waals surface area contributed by atoms with Crippen LogP contribution in [-0.2, 0) is 9.47 Å². The third-order valence-electron chi connectivity index (χ3n) is 18.2. The summed E-state index contributed by atoms with van der Waals surface area (Å²) in [5.41, 5.74) is 0.936. The van der Waals surface area contributed by atoms with Crippen LogP contribution in [0.2, 0.25) is 0 Å². The zero-order valence-corrected chi connectivity index (χ0v) is 61.4. The van der Waals surface area contributed by atoms with Crippen LogP contribution in [0.3, 0.4) is 0 Å². The number of hydrogen-bond donors (Lipinski definition) is 2. The van der Waals surface area contributed by atoms with Crippen molar-refractivity contribution in [3.63, 3.8) is 0 Å². The highest BCUT2D eigenvalue weighted by molar-refractivity contribution is 9.10. The third kappa shape index (κ3) is 13.8. The van der Waals surface area contributed by atoms with E-state index in [1.54, 1.807) is 100 Å². The Balaban J connectivity index is 0.000000167. The number of aromatic nitrogens is 8. The van der Waals surface area contributed by atoms with Crippen molar-refractivity contribution in [3.05, 3.63) is 157 Å². The molecule has 0 bridgehead atoms. The maximum atomic E-state index is 17.2. The van der Waals surface area contributed by atoms with Gasteiger partial charge in [-0.05, 0) is 154 Å². The van der Waals surface area contributed by atoms with Gasteiger partial charge >= 0.3 is 30.7 Å². The Morgan fingerprint density at radius 3 is 1.47 bits per heavy atom. The molecule has 544 valence electrons. The minimum atomic E-state index is -2.16. The number of ether oxygens (including phenoxy) is 6. The van der Waals surface area contributed by atoms with E-state index in [4.69, 9.17) is 28.4 Å². The summed E-state index contributed by atoms with van der Waals surface area (Å²) in [5, 5.41) is 23.0. The average Bonchev–Trinajstić information content (AvgIpc) is 1.23. The van der Waals surface area contributed by atoms with Gasteiger partial charge in [0.15, 0.2) is 23.1 Å². The number of amides is 2. The molecule has 2 atom stereocenters. The molecule has 0 unspecified atom stereocenters. The number of nitrogens with zero attached hydrogens (tertiary/aromatic N) is 12. The molecule has 24 nitrogen and oxygen atoms in total. The predicted octanol–water partition coefficient (Wildman–Crippen LogP) is 11.5. The maximum Gasteiger partial charge on any atom is 0.491 e. The van der Waals surface area contributed by atoms with Crippen LogP contribution >= 0.6 is 15.9 Å². The molecule has 2 saturated heterocycles. The highest BCUT2D eigenvalue weighted by Crippen LogP contribution is 2.47. The lowest BCUT2D eigenvalue weighted by Gasteiger charge is -2.41. The number of rotatable bonds is 8.